The molecule has 1 aromatic heterocycles. The van der Waals surface area contributed by atoms with Crippen LogP contribution in [0.3, 0.4) is 0 Å². The summed E-state index contributed by atoms with van der Waals surface area (Å²) in [4.78, 5) is 10.8. The number of halogens is 1. The molecule has 2 N–H and O–H groups in total. The fourth-order valence-electron chi connectivity index (χ4n) is 3.17. The average Bonchev–Trinajstić information content (AvgIpc) is 2.70. The summed E-state index contributed by atoms with van der Waals surface area (Å²) in [7, 11) is 0. The topological polar surface area (TPSA) is 69.0 Å². The molecular formula is C22H20ClN3O2. The molecular weight excluding hydrogens is 374 g/mol. The van der Waals surface area contributed by atoms with E-state index in [0.29, 0.717) is 29.5 Å². The maximum absolute atomic E-state index is 10.4. The van der Waals surface area contributed by atoms with E-state index in [1.807, 2.05) is 60.7 Å². The second-order valence-corrected chi connectivity index (χ2v) is 7.14. The molecule has 2 aromatic carbocycles. The quantitative estimate of drug-likeness (QED) is 0.650. The number of nitrogens with zero attached hydrogens (tertiary/aromatic N) is 3. The number of pyridine rings is 1. The van der Waals surface area contributed by atoms with Crippen LogP contribution in [0.2, 0.25) is 5.02 Å². The molecule has 6 heteroatoms. The molecule has 1 atom stereocenters. The number of hydrogen-bond acceptors (Lipinski definition) is 5. The Balaban J connectivity index is 1.68. The molecule has 0 aliphatic carbocycles. The second kappa shape index (κ2) is 8.20. The number of likely N-dealkylation sites (tertiary alicyclic amines) is 1. The van der Waals surface area contributed by atoms with Gasteiger partial charge in [0.2, 0.25) is 0 Å². The van der Waals surface area contributed by atoms with Gasteiger partial charge in [0.1, 0.15) is 5.69 Å². The smallest absolute Gasteiger partial charge is 0.152 e. The Morgan fingerprint density at radius 2 is 1.61 bits per heavy atom. The second-order valence-electron chi connectivity index (χ2n) is 6.73. The van der Waals surface area contributed by atoms with Crippen LogP contribution in [0.25, 0.3) is 0 Å². The van der Waals surface area contributed by atoms with Gasteiger partial charge in [-0.25, -0.2) is 4.99 Å². The van der Waals surface area contributed by atoms with Crippen LogP contribution in [0.15, 0.2) is 77.9 Å². The molecule has 1 fully saturated rings. The zero-order valence-electron chi connectivity index (χ0n) is 15.1. The SMILES string of the molecule is OC1CN(C(O)c2ncc(N=C(c3ccccc3)c3ccccc3)cc2Cl)C1. The lowest BCUT2D eigenvalue weighted by molar-refractivity contribution is -0.103. The fraction of sp³-hybridized carbons (Fsp3) is 0.182. The third-order valence-electron chi connectivity index (χ3n) is 4.67. The van der Waals surface area contributed by atoms with Crippen LogP contribution in [0, 0.1) is 0 Å². The van der Waals surface area contributed by atoms with E-state index in [0.717, 1.165) is 16.8 Å². The summed E-state index contributed by atoms with van der Waals surface area (Å²) in [6.45, 7) is 0.816. The van der Waals surface area contributed by atoms with Crippen molar-refractivity contribution in [2.24, 2.45) is 4.99 Å². The van der Waals surface area contributed by atoms with Crippen LogP contribution in [-0.2, 0) is 0 Å². The van der Waals surface area contributed by atoms with Crippen molar-refractivity contribution in [3.63, 3.8) is 0 Å². The molecule has 3 aromatic rings. The highest BCUT2D eigenvalue weighted by atomic mass is 35.5. The van der Waals surface area contributed by atoms with E-state index < -0.39 is 12.3 Å². The van der Waals surface area contributed by atoms with Crippen LogP contribution < -0.4 is 0 Å². The molecule has 1 aliphatic heterocycles. The van der Waals surface area contributed by atoms with E-state index in [4.69, 9.17) is 16.6 Å². The first kappa shape index (κ1) is 18.8. The van der Waals surface area contributed by atoms with Crippen molar-refractivity contribution in [3.8, 4) is 0 Å². The minimum Gasteiger partial charge on any atom is -0.390 e. The lowest BCUT2D eigenvalue weighted by Gasteiger charge is -2.39. The first-order valence-electron chi connectivity index (χ1n) is 9.07. The number of aliphatic imine (C=N–C) groups is 1. The summed E-state index contributed by atoms with van der Waals surface area (Å²) >= 11 is 6.38. The summed E-state index contributed by atoms with van der Waals surface area (Å²) in [5.41, 5.74) is 3.77. The molecule has 0 bridgehead atoms. The highest BCUT2D eigenvalue weighted by molar-refractivity contribution is 6.31. The van der Waals surface area contributed by atoms with Crippen LogP contribution >= 0.6 is 11.6 Å². The lowest BCUT2D eigenvalue weighted by atomic mass is 10.0. The van der Waals surface area contributed by atoms with Gasteiger partial charge in [-0.3, -0.25) is 9.88 Å². The monoisotopic (exact) mass is 393 g/mol. The molecule has 0 spiro atoms. The zero-order chi connectivity index (χ0) is 19.5. The summed E-state index contributed by atoms with van der Waals surface area (Å²) in [6.07, 6.45) is 0.264. The van der Waals surface area contributed by atoms with Crippen LogP contribution in [0.5, 0.6) is 0 Å². The number of hydrogen-bond donors (Lipinski definition) is 2. The lowest BCUT2D eigenvalue weighted by Crippen LogP contribution is -2.52. The van der Waals surface area contributed by atoms with Crippen LogP contribution in [-0.4, -0.2) is 45.0 Å². The summed E-state index contributed by atoms with van der Waals surface area (Å²) in [5.74, 6) is 0. The third-order valence-corrected chi connectivity index (χ3v) is 4.97. The molecule has 5 nitrogen and oxygen atoms in total. The standard InChI is InChI=1S/C22H20ClN3O2/c23-19-11-17(12-24-21(19)22(28)26-13-18(27)14-26)25-20(15-7-3-1-4-8-15)16-9-5-2-6-10-16/h1-12,18,22,27-28H,13-14H2. The number of β-amino-alcohol motifs (C(OH)–C–C–N with tert-alkyl or cyclic N) is 1. The summed E-state index contributed by atoms with van der Waals surface area (Å²) < 4.78 is 0. The van der Waals surface area contributed by atoms with Gasteiger partial charge < -0.3 is 10.2 Å². The number of rotatable bonds is 5. The molecule has 4 rings (SSSR count). The first-order chi connectivity index (χ1) is 13.6. The van der Waals surface area contributed by atoms with Gasteiger partial charge in [0.25, 0.3) is 0 Å². The number of aromatic nitrogens is 1. The summed E-state index contributed by atoms with van der Waals surface area (Å²) in [5, 5.41) is 20.2. The van der Waals surface area contributed by atoms with Crippen LogP contribution in [0.1, 0.15) is 23.0 Å². The van der Waals surface area contributed by atoms with Gasteiger partial charge in [0, 0.05) is 24.2 Å². The van der Waals surface area contributed by atoms with Crippen molar-refractivity contribution in [1.29, 1.82) is 0 Å². The van der Waals surface area contributed by atoms with Crippen molar-refractivity contribution in [2.45, 2.75) is 12.3 Å². The minimum absolute atomic E-state index is 0.343. The third kappa shape index (κ3) is 3.98. The van der Waals surface area contributed by atoms with E-state index in [9.17, 15) is 10.2 Å². The Morgan fingerprint density at radius 3 is 2.11 bits per heavy atom. The normalized spacial score (nSPS) is 15.7. The van der Waals surface area contributed by atoms with E-state index in [2.05, 4.69) is 4.98 Å². The largest absolute Gasteiger partial charge is 0.390 e. The fourth-order valence-corrected chi connectivity index (χ4v) is 3.43. The Kier molecular flexibility index (Phi) is 5.50. The maximum atomic E-state index is 10.4. The summed E-state index contributed by atoms with van der Waals surface area (Å²) in [6, 6.07) is 21.6. The highest BCUT2D eigenvalue weighted by Crippen LogP contribution is 2.30. The predicted molar refractivity (Wildman–Crippen MR) is 110 cm³/mol. The highest BCUT2D eigenvalue weighted by Gasteiger charge is 2.32. The van der Waals surface area contributed by atoms with Gasteiger partial charge in [0.05, 0.1) is 28.7 Å². The molecule has 1 aliphatic rings. The van der Waals surface area contributed by atoms with E-state index in [1.165, 1.54) is 0 Å². The van der Waals surface area contributed by atoms with Crippen molar-refractivity contribution in [2.75, 3.05) is 13.1 Å². The van der Waals surface area contributed by atoms with Gasteiger partial charge in [-0.15, -0.1) is 0 Å². The van der Waals surface area contributed by atoms with Gasteiger partial charge in [-0.05, 0) is 6.07 Å². The van der Waals surface area contributed by atoms with Crippen molar-refractivity contribution >= 4 is 23.0 Å². The molecule has 0 amide bonds. The van der Waals surface area contributed by atoms with E-state index in [-0.39, 0.29) is 0 Å². The first-order valence-corrected chi connectivity index (χ1v) is 9.45. The number of benzene rings is 2. The zero-order valence-corrected chi connectivity index (χ0v) is 15.9. The number of aliphatic hydroxyl groups is 2. The molecule has 1 saturated heterocycles. The Bertz CT molecular complexity index is 932. The van der Waals surface area contributed by atoms with Crippen molar-refractivity contribution in [3.05, 3.63) is 94.8 Å². The molecule has 28 heavy (non-hydrogen) atoms. The predicted octanol–water partition coefficient (Wildman–Crippen LogP) is 3.57. The maximum Gasteiger partial charge on any atom is 0.152 e. The Labute approximate surface area is 168 Å². The van der Waals surface area contributed by atoms with E-state index >= 15 is 0 Å². The number of aliphatic hydroxyl groups excluding tert-OH is 2. The minimum atomic E-state index is -0.934. The van der Waals surface area contributed by atoms with Crippen molar-refractivity contribution < 1.29 is 10.2 Å². The molecule has 0 radical (unpaired) electrons. The molecule has 2 heterocycles. The van der Waals surface area contributed by atoms with Crippen LogP contribution in [0.4, 0.5) is 5.69 Å². The average molecular weight is 394 g/mol. The van der Waals surface area contributed by atoms with Gasteiger partial charge in [0.15, 0.2) is 6.23 Å². The molecule has 0 saturated carbocycles. The van der Waals surface area contributed by atoms with Gasteiger partial charge in [-0.1, -0.05) is 72.3 Å². The van der Waals surface area contributed by atoms with Gasteiger partial charge >= 0.3 is 0 Å². The molecule has 1 unspecified atom stereocenters. The molecule has 142 valence electrons. The van der Waals surface area contributed by atoms with Crippen molar-refractivity contribution in [1.82, 2.24) is 9.88 Å². The van der Waals surface area contributed by atoms with Gasteiger partial charge in [-0.2, -0.15) is 0 Å². The Hall–Kier alpha value is -2.57. The Morgan fingerprint density at radius 1 is 1.04 bits per heavy atom. The van der Waals surface area contributed by atoms with E-state index in [1.54, 1.807) is 17.2 Å².